The lowest BCUT2D eigenvalue weighted by atomic mass is 10.1. The number of carbonyl (C=O) groups excluding carboxylic acids is 1. The highest BCUT2D eigenvalue weighted by molar-refractivity contribution is 5.77. The quantitative estimate of drug-likeness (QED) is 0.740. The van der Waals surface area contributed by atoms with E-state index >= 15 is 0 Å². The van der Waals surface area contributed by atoms with Crippen LogP contribution in [0.4, 0.5) is 0 Å². The Balaban J connectivity index is 2.44. The van der Waals surface area contributed by atoms with Gasteiger partial charge in [0.15, 0.2) is 6.61 Å². The number of carbonyl (C=O) groups is 1. The second-order valence-electron chi connectivity index (χ2n) is 3.72. The van der Waals surface area contributed by atoms with Crippen LogP contribution in [-0.2, 0) is 4.79 Å². The number of benzene rings is 1. The van der Waals surface area contributed by atoms with Crippen LogP contribution in [0.2, 0.25) is 0 Å². The molecule has 1 atom stereocenters. The van der Waals surface area contributed by atoms with Crippen molar-refractivity contribution in [1.82, 2.24) is 5.32 Å². The first-order valence-corrected chi connectivity index (χ1v) is 5.71. The molecule has 5 nitrogen and oxygen atoms in total. The molecule has 0 bridgehead atoms. The van der Waals surface area contributed by atoms with Crippen LogP contribution in [0.25, 0.3) is 0 Å². The van der Waals surface area contributed by atoms with Gasteiger partial charge in [-0.1, -0.05) is 19.1 Å². The Kier molecular flexibility index (Phi) is 5.68. The van der Waals surface area contributed by atoms with Gasteiger partial charge in [0.05, 0.1) is 12.2 Å². The van der Waals surface area contributed by atoms with Gasteiger partial charge in [-0.2, -0.15) is 5.26 Å². The highest BCUT2D eigenvalue weighted by Gasteiger charge is 2.05. The third-order valence-electron chi connectivity index (χ3n) is 2.39. The topological polar surface area (TPSA) is 82.3 Å². The highest BCUT2D eigenvalue weighted by atomic mass is 16.5. The normalized spacial score (nSPS) is 11.4. The van der Waals surface area contributed by atoms with Gasteiger partial charge >= 0.3 is 0 Å². The van der Waals surface area contributed by atoms with Crippen LogP contribution in [0, 0.1) is 11.3 Å². The monoisotopic (exact) mass is 248 g/mol. The number of nitrogens with one attached hydrogen (secondary N) is 1. The van der Waals surface area contributed by atoms with Gasteiger partial charge in [0, 0.05) is 0 Å². The van der Waals surface area contributed by atoms with Crippen molar-refractivity contribution in [2.75, 3.05) is 13.2 Å². The van der Waals surface area contributed by atoms with Crippen molar-refractivity contribution < 1.29 is 14.6 Å². The Hall–Kier alpha value is -2.06. The van der Waals surface area contributed by atoms with E-state index in [9.17, 15) is 9.90 Å². The van der Waals surface area contributed by atoms with Crippen molar-refractivity contribution in [3.63, 3.8) is 0 Å². The molecule has 0 aliphatic carbocycles. The fourth-order valence-electron chi connectivity index (χ4n) is 1.36. The van der Waals surface area contributed by atoms with Crippen LogP contribution in [0.15, 0.2) is 24.3 Å². The van der Waals surface area contributed by atoms with E-state index in [0.29, 0.717) is 12.2 Å². The van der Waals surface area contributed by atoms with E-state index < -0.39 is 6.10 Å². The maximum absolute atomic E-state index is 11.2. The van der Waals surface area contributed by atoms with Gasteiger partial charge in [-0.25, -0.2) is 0 Å². The number of amides is 1. The lowest BCUT2D eigenvalue weighted by Crippen LogP contribution is -2.28. The molecule has 0 saturated carbocycles. The molecule has 18 heavy (non-hydrogen) atoms. The van der Waals surface area contributed by atoms with E-state index in [1.54, 1.807) is 24.3 Å². The van der Waals surface area contributed by atoms with Crippen LogP contribution in [0.3, 0.4) is 0 Å². The molecule has 5 heteroatoms. The molecule has 0 aliphatic heterocycles. The van der Waals surface area contributed by atoms with E-state index in [0.717, 1.165) is 5.56 Å². The Morgan fingerprint density at radius 1 is 1.50 bits per heavy atom. The molecule has 0 radical (unpaired) electrons. The molecule has 1 aromatic rings. The van der Waals surface area contributed by atoms with E-state index in [1.807, 2.05) is 13.0 Å². The number of aliphatic hydroxyl groups excluding tert-OH is 1. The molecular formula is C13H16N2O3. The van der Waals surface area contributed by atoms with Crippen molar-refractivity contribution in [2.24, 2.45) is 0 Å². The molecule has 0 unspecified atom stereocenters. The van der Waals surface area contributed by atoms with Crippen molar-refractivity contribution in [1.29, 1.82) is 5.26 Å². The van der Waals surface area contributed by atoms with Gasteiger partial charge < -0.3 is 15.2 Å². The molecule has 2 N–H and O–H groups in total. The SMILES string of the molecule is CC[C@@H](O)c1ccc(OCC(=O)NCC#N)cc1. The fraction of sp³-hybridized carbons (Fsp3) is 0.385. The molecule has 1 aromatic carbocycles. The lowest BCUT2D eigenvalue weighted by molar-refractivity contribution is -0.122. The minimum Gasteiger partial charge on any atom is -0.484 e. The Bertz CT molecular complexity index is 423. The molecule has 1 amide bonds. The summed E-state index contributed by atoms with van der Waals surface area (Å²) in [6.07, 6.45) is 0.175. The maximum atomic E-state index is 11.2. The smallest absolute Gasteiger partial charge is 0.258 e. The van der Waals surface area contributed by atoms with Gasteiger partial charge in [0.1, 0.15) is 12.3 Å². The zero-order chi connectivity index (χ0) is 13.4. The van der Waals surface area contributed by atoms with Crippen LogP contribution in [0.5, 0.6) is 5.75 Å². The second kappa shape index (κ2) is 7.30. The number of nitriles is 1. The minimum absolute atomic E-state index is 0.0240. The van der Waals surface area contributed by atoms with E-state index in [2.05, 4.69) is 5.32 Å². The van der Waals surface area contributed by atoms with Crippen LogP contribution in [-0.4, -0.2) is 24.2 Å². The summed E-state index contributed by atoms with van der Waals surface area (Å²) in [6, 6.07) is 8.73. The summed E-state index contributed by atoms with van der Waals surface area (Å²) in [5.41, 5.74) is 0.818. The van der Waals surface area contributed by atoms with Crippen molar-refractivity contribution >= 4 is 5.91 Å². The number of aliphatic hydroxyl groups is 1. The first-order chi connectivity index (χ1) is 8.67. The summed E-state index contributed by atoms with van der Waals surface area (Å²) in [7, 11) is 0. The minimum atomic E-state index is -0.474. The predicted octanol–water partition coefficient (Wildman–Crippen LogP) is 1.15. The lowest BCUT2D eigenvalue weighted by Gasteiger charge is -2.09. The maximum Gasteiger partial charge on any atom is 0.258 e. The molecule has 0 aliphatic rings. The first kappa shape index (κ1) is 14.0. The predicted molar refractivity (Wildman–Crippen MR) is 65.8 cm³/mol. The molecule has 1 rings (SSSR count). The number of rotatable bonds is 6. The highest BCUT2D eigenvalue weighted by Crippen LogP contribution is 2.19. The molecule has 96 valence electrons. The average Bonchev–Trinajstić information content (AvgIpc) is 2.42. The Morgan fingerprint density at radius 2 is 2.17 bits per heavy atom. The van der Waals surface area contributed by atoms with Crippen LogP contribution >= 0.6 is 0 Å². The Morgan fingerprint density at radius 3 is 2.72 bits per heavy atom. The molecule has 0 fully saturated rings. The van der Waals surface area contributed by atoms with Gasteiger partial charge in [-0.05, 0) is 24.1 Å². The van der Waals surface area contributed by atoms with Gasteiger partial charge in [-0.15, -0.1) is 0 Å². The summed E-state index contributed by atoms with van der Waals surface area (Å²) in [5, 5.41) is 20.3. The molecule has 0 heterocycles. The molecule has 0 spiro atoms. The average molecular weight is 248 g/mol. The van der Waals surface area contributed by atoms with E-state index in [4.69, 9.17) is 10.00 Å². The van der Waals surface area contributed by atoms with Gasteiger partial charge in [0.25, 0.3) is 5.91 Å². The number of nitrogens with zero attached hydrogens (tertiary/aromatic N) is 1. The third kappa shape index (κ3) is 4.44. The molecular weight excluding hydrogens is 232 g/mol. The zero-order valence-corrected chi connectivity index (χ0v) is 10.2. The third-order valence-corrected chi connectivity index (χ3v) is 2.39. The summed E-state index contributed by atoms with van der Waals surface area (Å²) in [6.45, 7) is 1.75. The zero-order valence-electron chi connectivity index (χ0n) is 10.2. The van der Waals surface area contributed by atoms with Crippen molar-refractivity contribution in [3.05, 3.63) is 29.8 Å². The largest absolute Gasteiger partial charge is 0.484 e. The molecule has 0 saturated heterocycles. The van der Waals surface area contributed by atoms with Crippen LogP contribution < -0.4 is 10.1 Å². The van der Waals surface area contributed by atoms with E-state index in [-0.39, 0.29) is 19.1 Å². The number of hydrogen-bond donors (Lipinski definition) is 2. The van der Waals surface area contributed by atoms with Crippen molar-refractivity contribution in [3.8, 4) is 11.8 Å². The second-order valence-corrected chi connectivity index (χ2v) is 3.72. The van der Waals surface area contributed by atoms with Crippen molar-refractivity contribution in [2.45, 2.75) is 19.4 Å². The summed E-state index contributed by atoms with van der Waals surface area (Å²) < 4.78 is 5.23. The van der Waals surface area contributed by atoms with Gasteiger partial charge in [0.2, 0.25) is 0 Å². The molecule has 0 aromatic heterocycles. The van der Waals surface area contributed by atoms with Gasteiger partial charge in [-0.3, -0.25) is 4.79 Å². The Labute approximate surface area is 106 Å². The summed E-state index contributed by atoms with van der Waals surface area (Å²) in [5.74, 6) is 0.211. The summed E-state index contributed by atoms with van der Waals surface area (Å²) in [4.78, 5) is 11.2. The standard InChI is InChI=1S/C13H16N2O3/c1-2-12(16)10-3-5-11(6-4-10)18-9-13(17)15-8-7-14/h3-6,12,16H,2,8-9H2,1H3,(H,15,17)/t12-/m1/s1. The summed E-state index contributed by atoms with van der Waals surface area (Å²) >= 11 is 0. The number of ether oxygens (including phenoxy) is 1. The fourth-order valence-corrected chi connectivity index (χ4v) is 1.36. The number of hydrogen-bond acceptors (Lipinski definition) is 4. The first-order valence-electron chi connectivity index (χ1n) is 5.71. The van der Waals surface area contributed by atoms with E-state index in [1.165, 1.54) is 0 Å². The van der Waals surface area contributed by atoms with Crippen LogP contribution in [0.1, 0.15) is 25.0 Å².